The SMILES string of the molecule is C/C(CC(=O)Nc1ccc(C)cc1C)=N\O. The second-order valence-electron chi connectivity index (χ2n) is 3.88. The minimum absolute atomic E-state index is 0.101. The predicted molar refractivity (Wildman–Crippen MR) is 64.1 cm³/mol. The number of carbonyl (C=O) groups excluding carboxylic acids is 1. The molecule has 0 saturated carbocycles. The Morgan fingerprint density at radius 3 is 2.69 bits per heavy atom. The molecule has 0 aliphatic carbocycles. The molecule has 0 spiro atoms. The van der Waals surface area contributed by atoms with E-state index in [4.69, 9.17) is 5.21 Å². The number of amides is 1. The minimum Gasteiger partial charge on any atom is -0.411 e. The zero-order chi connectivity index (χ0) is 12.1. The molecule has 0 fully saturated rings. The maximum atomic E-state index is 11.5. The molecule has 0 aliphatic rings. The van der Waals surface area contributed by atoms with Gasteiger partial charge in [0.05, 0.1) is 12.1 Å². The monoisotopic (exact) mass is 220 g/mol. The molecule has 86 valence electrons. The number of nitrogens with zero attached hydrogens (tertiary/aromatic N) is 1. The standard InChI is InChI=1S/C12H16N2O2/c1-8-4-5-11(9(2)6-8)13-12(15)7-10(3)14-16/h4-6,16H,7H2,1-3H3,(H,13,15)/b14-10+. The van der Waals surface area contributed by atoms with Crippen molar-refractivity contribution in [2.75, 3.05) is 5.32 Å². The largest absolute Gasteiger partial charge is 0.411 e. The Morgan fingerprint density at radius 1 is 1.44 bits per heavy atom. The predicted octanol–water partition coefficient (Wildman–Crippen LogP) is 2.48. The molecule has 1 rings (SSSR count). The molecule has 1 amide bonds. The highest BCUT2D eigenvalue weighted by Crippen LogP contribution is 2.16. The molecule has 0 radical (unpaired) electrons. The second-order valence-corrected chi connectivity index (χ2v) is 3.88. The average molecular weight is 220 g/mol. The molecule has 16 heavy (non-hydrogen) atoms. The molecule has 0 aromatic heterocycles. The van der Waals surface area contributed by atoms with Gasteiger partial charge in [-0.1, -0.05) is 22.9 Å². The fourth-order valence-electron chi connectivity index (χ4n) is 1.42. The molecule has 1 aromatic carbocycles. The van der Waals surface area contributed by atoms with Crippen LogP contribution in [0.2, 0.25) is 0 Å². The van der Waals surface area contributed by atoms with Crippen molar-refractivity contribution in [2.24, 2.45) is 5.16 Å². The van der Waals surface area contributed by atoms with Crippen molar-refractivity contribution >= 4 is 17.3 Å². The van der Waals surface area contributed by atoms with Crippen molar-refractivity contribution in [3.05, 3.63) is 29.3 Å². The Hall–Kier alpha value is -1.84. The van der Waals surface area contributed by atoms with Crippen LogP contribution in [-0.2, 0) is 4.79 Å². The van der Waals surface area contributed by atoms with Gasteiger partial charge in [0.15, 0.2) is 0 Å². The average Bonchev–Trinajstić information content (AvgIpc) is 2.22. The lowest BCUT2D eigenvalue weighted by atomic mass is 10.1. The summed E-state index contributed by atoms with van der Waals surface area (Å²) in [4.78, 5) is 11.5. The number of oxime groups is 1. The summed E-state index contributed by atoms with van der Waals surface area (Å²) >= 11 is 0. The van der Waals surface area contributed by atoms with E-state index in [1.807, 2.05) is 32.0 Å². The summed E-state index contributed by atoms with van der Waals surface area (Å²) in [7, 11) is 0. The van der Waals surface area contributed by atoms with Crippen molar-refractivity contribution in [3.63, 3.8) is 0 Å². The number of nitrogens with one attached hydrogen (secondary N) is 1. The Morgan fingerprint density at radius 2 is 2.12 bits per heavy atom. The fraction of sp³-hybridized carbons (Fsp3) is 0.333. The van der Waals surface area contributed by atoms with E-state index in [1.54, 1.807) is 6.92 Å². The normalized spacial score (nSPS) is 11.3. The van der Waals surface area contributed by atoms with Crippen LogP contribution in [0.25, 0.3) is 0 Å². The van der Waals surface area contributed by atoms with Gasteiger partial charge in [0.2, 0.25) is 5.91 Å². The summed E-state index contributed by atoms with van der Waals surface area (Å²) in [6, 6.07) is 5.81. The zero-order valence-corrected chi connectivity index (χ0v) is 9.74. The van der Waals surface area contributed by atoms with E-state index in [0.29, 0.717) is 5.71 Å². The molecule has 0 atom stereocenters. The first-order valence-corrected chi connectivity index (χ1v) is 5.07. The molecule has 0 aliphatic heterocycles. The van der Waals surface area contributed by atoms with Crippen molar-refractivity contribution < 1.29 is 10.0 Å². The molecule has 4 nitrogen and oxygen atoms in total. The summed E-state index contributed by atoms with van der Waals surface area (Å²) in [5.41, 5.74) is 3.36. The van der Waals surface area contributed by atoms with Gasteiger partial charge in [-0.05, 0) is 32.4 Å². The summed E-state index contributed by atoms with van der Waals surface area (Å²) in [5.74, 6) is -0.178. The second kappa shape index (κ2) is 5.30. The van der Waals surface area contributed by atoms with Gasteiger partial charge in [-0.2, -0.15) is 0 Å². The fourth-order valence-corrected chi connectivity index (χ4v) is 1.42. The quantitative estimate of drug-likeness (QED) is 0.467. The molecule has 0 saturated heterocycles. The number of anilines is 1. The van der Waals surface area contributed by atoms with E-state index in [-0.39, 0.29) is 12.3 Å². The third-order valence-corrected chi connectivity index (χ3v) is 2.24. The highest BCUT2D eigenvalue weighted by atomic mass is 16.4. The van der Waals surface area contributed by atoms with E-state index >= 15 is 0 Å². The number of rotatable bonds is 3. The topological polar surface area (TPSA) is 61.7 Å². The van der Waals surface area contributed by atoms with E-state index in [2.05, 4.69) is 10.5 Å². The van der Waals surface area contributed by atoms with Crippen molar-refractivity contribution in [1.29, 1.82) is 0 Å². The third-order valence-electron chi connectivity index (χ3n) is 2.24. The lowest BCUT2D eigenvalue weighted by molar-refractivity contribution is -0.115. The van der Waals surface area contributed by atoms with Gasteiger partial charge in [0.25, 0.3) is 0 Å². The first-order chi connectivity index (χ1) is 7.52. The van der Waals surface area contributed by atoms with Crippen LogP contribution in [0.1, 0.15) is 24.5 Å². The number of aryl methyl sites for hydroxylation is 2. The summed E-state index contributed by atoms with van der Waals surface area (Å²) in [6.07, 6.45) is 0.101. The maximum absolute atomic E-state index is 11.5. The summed E-state index contributed by atoms with van der Waals surface area (Å²) in [6.45, 7) is 5.54. The number of benzene rings is 1. The first kappa shape index (κ1) is 12.2. The molecule has 0 bridgehead atoms. The van der Waals surface area contributed by atoms with Crippen LogP contribution in [0, 0.1) is 13.8 Å². The minimum atomic E-state index is -0.178. The molecule has 1 aromatic rings. The van der Waals surface area contributed by atoms with E-state index in [9.17, 15) is 4.79 Å². The summed E-state index contributed by atoms with van der Waals surface area (Å²) in [5, 5.41) is 14.2. The van der Waals surface area contributed by atoms with E-state index < -0.39 is 0 Å². The van der Waals surface area contributed by atoms with Gasteiger partial charge in [-0.25, -0.2) is 0 Å². The van der Waals surface area contributed by atoms with Crippen LogP contribution < -0.4 is 5.32 Å². The molecule has 0 heterocycles. The van der Waals surface area contributed by atoms with Gasteiger partial charge in [-0.3, -0.25) is 4.79 Å². The number of hydrogen-bond donors (Lipinski definition) is 2. The Balaban J connectivity index is 2.70. The molecule has 0 unspecified atom stereocenters. The van der Waals surface area contributed by atoms with Crippen molar-refractivity contribution in [2.45, 2.75) is 27.2 Å². The van der Waals surface area contributed by atoms with E-state index in [1.165, 1.54) is 0 Å². The number of hydrogen-bond acceptors (Lipinski definition) is 3. The highest BCUT2D eigenvalue weighted by molar-refractivity contribution is 6.05. The number of carbonyl (C=O) groups is 1. The van der Waals surface area contributed by atoms with Crippen LogP contribution in [0.3, 0.4) is 0 Å². The highest BCUT2D eigenvalue weighted by Gasteiger charge is 2.06. The van der Waals surface area contributed by atoms with Crippen LogP contribution in [0.15, 0.2) is 23.4 Å². The maximum Gasteiger partial charge on any atom is 0.230 e. The molecular weight excluding hydrogens is 204 g/mol. The van der Waals surface area contributed by atoms with Gasteiger partial charge in [-0.15, -0.1) is 0 Å². The van der Waals surface area contributed by atoms with Gasteiger partial charge < -0.3 is 10.5 Å². The van der Waals surface area contributed by atoms with Crippen LogP contribution >= 0.6 is 0 Å². The first-order valence-electron chi connectivity index (χ1n) is 5.07. The zero-order valence-electron chi connectivity index (χ0n) is 9.74. The molecule has 4 heteroatoms. The Kier molecular flexibility index (Phi) is 4.05. The molecule has 2 N–H and O–H groups in total. The van der Waals surface area contributed by atoms with Gasteiger partial charge in [0.1, 0.15) is 0 Å². The van der Waals surface area contributed by atoms with Gasteiger partial charge in [0, 0.05) is 5.69 Å². The van der Waals surface area contributed by atoms with Crippen LogP contribution in [0.5, 0.6) is 0 Å². The van der Waals surface area contributed by atoms with E-state index in [0.717, 1.165) is 16.8 Å². The Bertz CT molecular complexity index is 425. The smallest absolute Gasteiger partial charge is 0.230 e. The van der Waals surface area contributed by atoms with Crippen molar-refractivity contribution in [3.8, 4) is 0 Å². The van der Waals surface area contributed by atoms with Crippen molar-refractivity contribution in [1.82, 2.24) is 0 Å². The summed E-state index contributed by atoms with van der Waals surface area (Å²) < 4.78 is 0. The lowest BCUT2D eigenvalue weighted by Gasteiger charge is -2.08. The molecular formula is C12H16N2O2. The van der Waals surface area contributed by atoms with Crippen LogP contribution in [0.4, 0.5) is 5.69 Å². The van der Waals surface area contributed by atoms with Gasteiger partial charge >= 0.3 is 0 Å². The lowest BCUT2D eigenvalue weighted by Crippen LogP contribution is -2.15. The van der Waals surface area contributed by atoms with Crippen LogP contribution in [-0.4, -0.2) is 16.8 Å². The third kappa shape index (κ3) is 3.38. The Labute approximate surface area is 95.0 Å².